The summed E-state index contributed by atoms with van der Waals surface area (Å²) in [5, 5.41) is 13.6. The zero-order valence-corrected chi connectivity index (χ0v) is 15.2. The molecule has 0 aromatic heterocycles. The van der Waals surface area contributed by atoms with E-state index < -0.39 is 23.6 Å². The van der Waals surface area contributed by atoms with Gasteiger partial charge < -0.3 is 15.2 Å². The summed E-state index contributed by atoms with van der Waals surface area (Å²) in [5.41, 5.74) is -0.0330. The average Bonchev–Trinajstić information content (AvgIpc) is 2.86. The van der Waals surface area contributed by atoms with Gasteiger partial charge in [-0.15, -0.1) is 0 Å². The Bertz CT molecular complexity index is 840. The molecule has 6 nitrogen and oxygen atoms in total. The Balaban J connectivity index is 1.83. The van der Waals surface area contributed by atoms with Gasteiger partial charge in [-0.1, -0.05) is 35.9 Å². The van der Waals surface area contributed by atoms with Gasteiger partial charge in [-0.3, -0.25) is 9.69 Å². The first-order valence-corrected chi connectivity index (χ1v) is 8.45. The van der Waals surface area contributed by atoms with Crippen LogP contribution in [0.4, 0.5) is 4.79 Å². The number of rotatable bonds is 5. The zero-order valence-electron chi connectivity index (χ0n) is 14.4. The summed E-state index contributed by atoms with van der Waals surface area (Å²) in [6.45, 7) is 1.49. The normalized spacial score (nSPS) is 20.8. The number of aliphatic hydroxyl groups is 1. The number of nitrogens with zero attached hydrogens (tertiary/aromatic N) is 1. The van der Waals surface area contributed by atoms with E-state index in [9.17, 15) is 14.7 Å². The molecule has 3 rings (SSSR count). The van der Waals surface area contributed by atoms with E-state index in [1.54, 1.807) is 55.5 Å². The summed E-state index contributed by atoms with van der Waals surface area (Å²) in [4.78, 5) is 26.3. The number of nitrogens with one attached hydrogen (secondary N) is 1. The van der Waals surface area contributed by atoms with E-state index in [1.165, 1.54) is 7.11 Å². The Kier molecular flexibility index (Phi) is 4.89. The third-order valence-electron chi connectivity index (χ3n) is 4.53. The lowest BCUT2D eigenvalue weighted by molar-refractivity contribution is -0.132. The van der Waals surface area contributed by atoms with Gasteiger partial charge in [0.15, 0.2) is 0 Å². The fourth-order valence-corrected chi connectivity index (χ4v) is 3.08. The number of halogens is 1. The van der Waals surface area contributed by atoms with Crippen molar-refractivity contribution in [1.82, 2.24) is 10.2 Å². The van der Waals surface area contributed by atoms with Crippen LogP contribution in [0, 0.1) is 0 Å². The number of amides is 3. The van der Waals surface area contributed by atoms with Gasteiger partial charge in [0.25, 0.3) is 5.91 Å². The molecule has 0 saturated carbocycles. The maximum absolute atomic E-state index is 12.9. The Labute approximate surface area is 156 Å². The molecule has 1 aliphatic rings. The molecule has 2 atom stereocenters. The molecule has 0 aliphatic carbocycles. The highest BCUT2D eigenvalue weighted by atomic mass is 35.5. The molecule has 0 spiro atoms. The first-order chi connectivity index (χ1) is 12.3. The molecule has 0 unspecified atom stereocenters. The molecule has 7 heteroatoms. The van der Waals surface area contributed by atoms with Crippen molar-refractivity contribution in [2.45, 2.75) is 18.6 Å². The predicted octanol–water partition coefficient (Wildman–Crippen LogP) is 2.85. The lowest BCUT2D eigenvalue weighted by Crippen LogP contribution is -2.41. The van der Waals surface area contributed by atoms with Crippen molar-refractivity contribution in [2.75, 3.05) is 13.7 Å². The number of aliphatic hydroxyl groups excluding tert-OH is 1. The molecule has 2 aromatic carbocycles. The summed E-state index contributed by atoms with van der Waals surface area (Å²) in [6.07, 6.45) is -1.00. The third kappa shape index (κ3) is 3.25. The minimum atomic E-state index is -1.22. The van der Waals surface area contributed by atoms with Gasteiger partial charge in [-0.05, 0) is 42.3 Å². The van der Waals surface area contributed by atoms with E-state index in [0.29, 0.717) is 21.9 Å². The van der Waals surface area contributed by atoms with Crippen LogP contribution in [0.3, 0.4) is 0 Å². The van der Waals surface area contributed by atoms with Crippen molar-refractivity contribution in [2.24, 2.45) is 0 Å². The lowest BCUT2D eigenvalue weighted by Gasteiger charge is -2.23. The molecular formula is C19H19ClN2O4. The van der Waals surface area contributed by atoms with Crippen molar-refractivity contribution >= 4 is 23.5 Å². The van der Waals surface area contributed by atoms with E-state index in [-0.39, 0.29) is 6.54 Å². The quantitative estimate of drug-likeness (QED) is 0.789. The van der Waals surface area contributed by atoms with E-state index in [4.69, 9.17) is 16.3 Å². The fraction of sp³-hybridized carbons (Fsp3) is 0.263. The number of imide groups is 1. The molecule has 3 amide bonds. The molecule has 0 radical (unpaired) electrons. The van der Waals surface area contributed by atoms with Gasteiger partial charge in [-0.2, -0.15) is 0 Å². The highest BCUT2D eigenvalue weighted by molar-refractivity contribution is 6.30. The number of ether oxygens (including phenoxy) is 1. The number of β-amino-alcohol motifs (C(OH)–C–C–N with tert-alkyl or cyclic N) is 1. The molecule has 1 heterocycles. The van der Waals surface area contributed by atoms with Crippen LogP contribution in [0.1, 0.15) is 24.2 Å². The molecule has 1 saturated heterocycles. The number of urea groups is 1. The van der Waals surface area contributed by atoms with Crippen LogP contribution >= 0.6 is 11.6 Å². The van der Waals surface area contributed by atoms with Crippen LogP contribution in [0.25, 0.3) is 0 Å². The van der Waals surface area contributed by atoms with Crippen LogP contribution in [0.5, 0.6) is 5.75 Å². The largest absolute Gasteiger partial charge is 0.497 e. The topological polar surface area (TPSA) is 78.9 Å². The van der Waals surface area contributed by atoms with E-state index in [1.807, 2.05) is 0 Å². The van der Waals surface area contributed by atoms with Crippen LogP contribution in [-0.4, -0.2) is 35.6 Å². The minimum absolute atomic E-state index is 0.147. The Morgan fingerprint density at radius 2 is 1.92 bits per heavy atom. The maximum atomic E-state index is 12.9. The zero-order chi connectivity index (χ0) is 18.9. The van der Waals surface area contributed by atoms with Crippen LogP contribution in [0.2, 0.25) is 5.02 Å². The Hall–Kier alpha value is -2.57. The summed E-state index contributed by atoms with van der Waals surface area (Å²) >= 11 is 5.84. The van der Waals surface area contributed by atoms with Crippen LogP contribution < -0.4 is 10.1 Å². The summed E-state index contributed by atoms with van der Waals surface area (Å²) in [7, 11) is 1.53. The van der Waals surface area contributed by atoms with E-state index in [0.717, 1.165) is 4.90 Å². The highest BCUT2D eigenvalue weighted by Gasteiger charge is 2.49. The molecule has 26 heavy (non-hydrogen) atoms. The number of carbonyl (C=O) groups excluding carboxylic acids is 2. The number of carbonyl (C=O) groups is 2. The molecular weight excluding hydrogens is 356 g/mol. The number of benzene rings is 2. The second kappa shape index (κ2) is 6.97. The van der Waals surface area contributed by atoms with Gasteiger partial charge >= 0.3 is 6.03 Å². The number of methoxy groups -OCH3 is 1. The molecule has 0 bridgehead atoms. The first kappa shape index (κ1) is 18.2. The van der Waals surface area contributed by atoms with Crippen molar-refractivity contribution in [3.63, 3.8) is 0 Å². The summed E-state index contributed by atoms with van der Waals surface area (Å²) < 4.78 is 5.19. The molecule has 2 aromatic rings. The smallest absolute Gasteiger partial charge is 0.325 e. The summed E-state index contributed by atoms with van der Waals surface area (Å²) in [5.74, 6) is 0.161. The van der Waals surface area contributed by atoms with Crippen molar-refractivity contribution < 1.29 is 19.4 Å². The predicted molar refractivity (Wildman–Crippen MR) is 97.0 cm³/mol. The monoisotopic (exact) mass is 374 g/mol. The van der Waals surface area contributed by atoms with Gasteiger partial charge in [-0.25, -0.2) is 4.79 Å². The Morgan fingerprint density at radius 1 is 1.23 bits per heavy atom. The second-order valence-corrected chi connectivity index (χ2v) is 6.71. The Morgan fingerprint density at radius 3 is 2.58 bits per heavy atom. The molecule has 1 aliphatic heterocycles. The lowest BCUT2D eigenvalue weighted by atomic mass is 9.92. The van der Waals surface area contributed by atoms with Crippen LogP contribution in [0.15, 0.2) is 48.5 Å². The molecule has 1 fully saturated rings. The minimum Gasteiger partial charge on any atom is -0.497 e. The van der Waals surface area contributed by atoms with Gasteiger partial charge in [0.1, 0.15) is 11.3 Å². The molecule has 2 N–H and O–H groups in total. The standard InChI is InChI=1S/C19H19ClN2O4/c1-19(13-4-3-5-15(10-13)26-2)17(24)22(18(25)21-19)11-16(23)12-6-8-14(20)9-7-12/h3-10,16,23H,11H2,1-2H3,(H,21,25)/t16-,19+/m1/s1. The second-order valence-electron chi connectivity index (χ2n) is 6.27. The summed E-state index contributed by atoms with van der Waals surface area (Å²) in [6, 6.07) is 13.0. The SMILES string of the molecule is COc1cccc([C@]2(C)NC(=O)N(C[C@@H](O)c3ccc(Cl)cc3)C2=O)c1. The maximum Gasteiger partial charge on any atom is 0.325 e. The first-order valence-electron chi connectivity index (χ1n) is 8.07. The van der Waals surface area contributed by atoms with E-state index >= 15 is 0 Å². The third-order valence-corrected chi connectivity index (χ3v) is 4.78. The van der Waals surface area contributed by atoms with Crippen molar-refractivity contribution in [3.8, 4) is 5.75 Å². The van der Waals surface area contributed by atoms with E-state index in [2.05, 4.69) is 5.32 Å². The van der Waals surface area contributed by atoms with Crippen molar-refractivity contribution in [3.05, 3.63) is 64.7 Å². The van der Waals surface area contributed by atoms with Crippen molar-refractivity contribution in [1.29, 1.82) is 0 Å². The number of hydrogen-bond acceptors (Lipinski definition) is 4. The van der Waals surface area contributed by atoms with Crippen LogP contribution in [-0.2, 0) is 10.3 Å². The molecule has 136 valence electrons. The fourth-order valence-electron chi connectivity index (χ4n) is 2.96. The van der Waals surface area contributed by atoms with Gasteiger partial charge in [0.05, 0.1) is 19.8 Å². The van der Waals surface area contributed by atoms with Gasteiger partial charge in [0, 0.05) is 5.02 Å². The van der Waals surface area contributed by atoms with Gasteiger partial charge in [0.2, 0.25) is 0 Å². The highest BCUT2D eigenvalue weighted by Crippen LogP contribution is 2.32. The number of hydrogen-bond donors (Lipinski definition) is 2. The average molecular weight is 375 g/mol.